The van der Waals surface area contributed by atoms with E-state index in [1.165, 1.54) is 13.2 Å². The molecule has 0 radical (unpaired) electrons. The minimum absolute atomic E-state index is 0.170. The number of nitrogens with one attached hydrogen (secondary N) is 2. The Labute approximate surface area is 173 Å². The van der Waals surface area contributed by atoms with E-state index in [1.54, 1.807) is 66.5 Å². The van der Waals surface area contributed by atoms with Gasteiger partial charge >= 0.3 is 0 Å². The van der Waals surface area contributed by atoms with Gasteiger partial charge in [-0.15, -0.1) is 0 Å². The number of carbonyl (C=O) groups excluding carboxylic acids is 2. The lowest BCUT2D eigenvalue weighted by Crippen LogP contribution is -2.24. The lowest BCUT2D eigenvalue weighted by molar-refractivity contribution is -0.119. The van der Waals surface area contributed by atoms with Crippen molar-refractivity contribution in [3.63, 3.8) is 0 Å². The van der Waals surface area contributed by atoms with E-state index < -0.39 is 11.9 Å². The van der Waals surface area contributed by atoms with Gasteiger partial charge in [-0.1, -0.05) is 12.1 Å². The summed E-state index contributed by atoms with van der Waals surface area (Å²) in [5.74, 6) is -0.713. The quantitative estimate of drug-likeness (QED) is 0.592. The number of hydrogen-bond donors (Lipinski definition) is 2. The van der Waals surface area contributed by atoms with Gasteiger partial charge in [0.05, 0.1) is 7.11 Å². The molecule has 0 aliphatic rings. The summed E-state index contributed by atoms with van der Waals surface area (Å²) >= 11 is 0. The van der Waals surface area contributed by atoms with Crippen molar-refractivity contribution in [2.45, 2.75) is 25.8 Å². The van der Waals surface area contributed by atoms with Crippen LogP contribution in [0.25, 0.3) is 0 Å². The number of rotatable bonds is 8. The van der Waals surface area contributed by atoms with Crippen molar-refractivity contribution in [1.29, 1.82) is 0 Å². The first-order valence-corrected chi connectivity index (χ1v) is 9.48. The molecule has 1 atom stereocenters. The first kappa shape index (κ1) is 21.0. The summed E-state index contributed by atoms with van der Waals surface area (Å²) in [7, 11) is 1.40. The number of halogens is 1. The molecule has 2 N–H and O–H groups in total. The second-order valence-corrected chi connectivity index (χ2v) is 6.75. The topological polar surface area (TPSA) is 85.3 Å². The molecule has 3 aromatic rings. The third-order valence-electron chi connectivity index (χ3n) is 4.57. The molecule has 156 valence electrons. The first-order valence-electron chi connectivity index (χ1n) is 9.48. The zero-order chi connectivity index (χ0) is 21.5. The summed E-state index contributed by atoms with van der Waals surface area (Å²) in [4.78, 5) is 24.6. The molecule has 0 aliphatic carbocycles. The molecule has 30 heavy (non-hydrogen) atoms. The number of benzene rings is 2. The average molecular weight is 410 g/mol. The van der Waals surface area contributed by atoms with Crippen LogP contribution >= 0.6 is 0 Å². The Balaban J connectivity index is 1.54. The Morgan fingerprint density at radius 2 is 1.90 bits per heavy atom. The van der Waals surface area contributed by atoms with Gasteiger partial charge in [-0.2, -0.15) is 5.10 Å². The Kier molecular flexibility index (Phi) is 6.79. The van der Waals surface area contributed by atoms with Gasteiger partial charge in [0.2, 0.25) is 11.8 Å². The van der Waals surface area contributed by atoms with E-state index in [4.69, 9.17) is 4.74 Å². The standard InChI is InChI=1S/C22H23FN4O3/c1-15(27-12-4-11-24-27)22(29)26-18-6-3-5-17(14-18)25-21(28)10-8-16-7-9-20(30-2)19(23)13-16/h3-7,9,11-15H,8,10H2,1-2H3,(H,25,28)(H,26,29). The molecule has 2 aromatic carbocycles. The van der Waals surface area contributed by atoms with Crippen LogP contribution in [-0.2, 0) is 16.0 Å². The van der Waals surface area contributed by atoms with E-state index >= 15 is 0 Å². The van der Waals surface area contributed by atoms with Crippen LogP contribution in [0, 0.1) is 5.82 Å². The van der Waals surface area contributed by atoms with Crippen molar-refractivity contribution in [2.75, 3.05) is 17.7 Å². The Morgan fingerprint density at radius 1 is 1.13 bits per heavy atom. The smallest absolute Gasteiger partial charge is 0.248 e. The minimum Gasteiger partial charge on any atom is -0.494 e. The van der Waals surface area contributed by atoms with Crippen molar-refractivity contribution in [3.8, 4) is 5.75 Å². The largest absolute Gasteiger partial charge is 0.494 e. The zero-order valence-corrected chi connectivity index (χ0v) is 16.8. The monoisotopic (exact) mass is 410 g/mol. The lowest BCUT2D eigenvalue weighted by Gasteiger charge is -2.13. The van der Waals surface area contributed by atoms with Crippen LogP contribution in [0.15, 0.2) is 60.9 Å². The first-order chi connectivity index (χ1) is 14.5. The van der Waals surface area contributed by atoms with Gasteiger partial charge in [-0.25, -0.2) is 4.39 Å². The molecule has 1 heterocycles. The average Bonchev–Trinajstić information content (AvgIpc) is 3.27. The van der Waals surface area contributed by atoms with Gasteiger partial charge in [-0.3, -0.25) is 14.3 Å². The summed E-state index contributed by atoms with van der Waals surface area (Å²) in [5, 5.41) is 9.67. The Hall–Kier alpha value is -3.68. The van der Waals surface area contributed by atoms with Crippen LogP contribution in [0.5, 0.6) is 5.75 Å². The fraction of sp³-hybridized carbons (Fsp3) is 0.227. The molecule has 0 spiro atoms. The number of anilines is 2. The number of amides is 2. The van der Waals surface area contributed by atoms with Crippen LogP contribution in [0.3, 0.4) is 0 Å². The SMILES string of the molecule is COc1ccc(CCC(=O)Nc2cccc(NC(=O)C(C)n3cccn3)c2)cc1F. The maximum absolute atomic E-state index is 13.8. The highest BCUT2D eigenvalue weighted by Crippen LogP contribution is 2.20. The number of carbonyl (C=O) groups is 2. The number of hydrogen-bond acceptors (Lipinski definition) is 4. The van der Waals surface area contributed by atoms with Gasteiger partial charge in [0.1, 0.15) is 6.04 Å². The van der Waals surface area contributed by atoms with Crippen LogP contribution in [-0.4, -0.2) is 28.7 Å². The molecule has 1 aromatic heterocycles. The molecule has 0 saturated carbocycles. The second kappa shape index (κ2) is 9.69. The number of nitrogens with zero attached hydrogens (tertiary/aromatic N) is 2. The highest BCUT2D eigenvalue weighted by atomic mass is 19.1. The molecule has 3 rings (SSSR count). The van der Waals surface area contributed by atoms with Crippen molar-refractivity contribution in [2.24, 2.45) is 0 Å². The fourth-order valence-electron chi connectivity index (χ4n) is 2.90. The molecule has 0 fully saturated rings. The third kappa shape index (κ3) is 5.44. The van der Waals surface area contributed by atoms with Crippen LogP contribution in [0.1, 0.15) is 24.9 Å². The predicted octanol–water partition coefficient (Wildman–Crippen LogP) is 3.80. The van der Waals surface area contributed by atoms with Crippen LogP contribution < -0.4 is 15.4 Å². The van der Waals surface area contributed by atoms with Crippen LogP contribution in [0.4, 0.5) is 15.8 Å². The van der Waals surface area contributed by atoms with E-state index in [0.717, 1.165) is 0 Å². The van der Waals surface area contributed by atoms with Gasteiger partial charge in [0, 0.05) is 30.2 Å². The minimum atomic E-state index is -0.469. The lowest BCUT2D eigenvalue weighted by atomic mass is 10.1. The number of aryl methyl sites for hydroxylation is 1. The van der Waals surface area contributed by atoms with E-state index in [9.17, 15) is 14.0 Å². The van der Waals surface area contributed by atoms with Gasteiger partial charge in [0.25, 0.3) is 0 Å². The molecule has 0 saturated heterocycles. The van der Waals surface area contributed by atoms with Crippen molar-refractivity contribution in [3.05, 3.63) is 72.3 Å². The molecule has 2 amide bonds. The van der Waals surface area contributed by atoms with E-state index in [2.05, 4.69) is 15.7 Å². The molecule has 8 heteroatoms. The summed E-state index contributed by atoms with van der Waals surface area (Å²) < 4.78 is 20.2. The number of ether oxygens (including phenoxy) is 1. The highest BCUT2D eigenvalue weighted by molar-refractivity contribution is 5.95. The summed E-state index contributed by atoms with van der Waals surface area (Å²) in [6.07, 6.45) is 3.92. The molecule has 1 unspecified atom stereocenters. The van der Waals surface area contributed by atoms with Crippen molar-refractivity contribution >= 4 is 23.2 Å². The molecule has 0 aliphatic heterocycles. The maximum atomic E-state index is 13.8. The highest BCUT2D eigenvalue weighted by Gasteiger charge is 2.15. The fourth-order valence-corrected chi connectivity index (χ4v) is 2.90. The summed E-state index contributed by atoms with van der Waals surface area (Å²) in [6, 6.07) is 12.8. The van der Waals surface area contributed by atoms with E-state index in [1.807, 2.05) is 0 Å². The maximum Gasteiger partial charge on any atom is 0.248 e. The van der Waals surface area contributed by atoms with E-state index in [-0.39, 0.29) is 24.0 Å². The molecule has 7 nitrogen and oxygen atoms in total. The molecular formula is C22H23FN4O3. The predicted molar refractivity (Wildman–Crippen MR) is 112 cm³/mol. The molecule has 0 bridgehead atoms. The number of methoxy groups -OCH3 is 1. The van der Waals surface area contributed by atoms with E-state index in [0.29, 0.717) is 23.4 Å². The Morgan fingerprint density at radius 3 is 2.57 bits per heavy atom. The van der Waals surface area contributed by atoms with Crippen LogP contribution in [0.2, 0.25) is 0 Å². The second-order valence-electron chi connectivity index (χ2n) is 6.75. The third-order valence-corrected chi connectivity index (χ3v) is 4.57. The van der Waals surface area contributed by atoms with Gasteiger partial charge in [0.15, 0.2) is 11.6 Å². The summed E-state index contributed by atoms with van der Waals surface area (Å²) in [5.41, 5.74) is 1.83. The van der Waals surface area contributed by atoms with Gasteiger partial charge in [-0.05, 0) is 55.3 Å². The number of aromatic nitrogens is 2. The normalized spacial score (nSPS) is 11.6. The zero-order valence-electron chi connectivity index (χ0n) is 16.8. The molecular weight excluding hydrogens is 387 g/mol. The van der Waals surface area contributed by atoms with Gasteiger partial charge < -0.3 is 15.4 Å². The van der Waals surface area contributed by atoms with Crippen molar-refractivity contribution in [1.82, 2.24) is 9.78 Å². The van der Waals surface area contributed by atoms with Crippen molar-refractivity contribution < 1.29 is 18.7 Å². The summed E-state index contributed by atoms with van der Waals surface area (Å²) in [6.45, 7) is 1.75. The Bertz CT molecular complexity index is 1020.